The summed E-state index contributed by atoms with van der Waals surface area (Å²) in [6, 6.07) is 4.63. The zero-order valence-electron chi connectivity index (χ0n) is 13.7. The number of nitrogens with one attached hydrogen (secondary N) is 2. The van der Waals surface area contributed by atoms with Crippen LogP contribution in [0.3, 0.4) is 0 Å². The number of rotatable bonds is 5. The van der Waals surface area contributed by atoms with E-state index in [1.165, 1.54) is 20.2 Å². The summed E-state index contributed by atoms with van der Waals surface area (Å²) in [6.45, 7) is 1.72. The molecular weight excluding hydrogens is 316 g/mol. The zero-order valence-corrected chi connectivity index (χ0v) is 13.7. The molecule has 0 saturated carbocycles. The molecule has 1 aliphatic rings. The second kappa shape index (κ2) is 7.31. The van der Waals surface area contributed by atoms with Crippen LogP contribution in [-0.4, -0.2) is 49.3 Å². The van der Waals surface area contributed by atoms with Crippen molar-refractivity contribution in [1.29, 1.82) is 0 Å². The van der Waals surface area contributed by atoms with Crippen LogP contribution >= 0.6 is 0 Å². The van der Waals surface area contributed by atoms with Crippen LogP contribution in [0.2, 0.25) is 0 Å². The van der Waals surface area contributed by atoms with E-state index in [1.807, 2.05) is 0 Å². The second-order valence-corrected chi connectivity index (χ2v) is 5.58. The lowest BCUT2D eigenvalue weighted by Crippen LogP contribution is -2.30. The maximum absolute atomic E-state index is 12.4. The van der Waals surface area contributed by atoms with Crippen molar-refractivity contribution in [2.75, 3.05) is 19.5 Å². The van der Waals surface area contributed by atoms with Crippen LogP contribution in [0.4, 0.5) is 5.69 Å². The lowest BCUT2D eigenvalue weighted by atomic mass is 10.0. The van der Waals surface area contributed by atoms with Crippen LogP contribution in [0.5, 0.6) is 5.75 Å². The third-order valence-electron chi connectivity index (χ3n) is 3.90. The van der Waals surface area contributed by atoms with Gasteiger partial charge in [0.2, 0.25) is 0 Å². The molecule has 24 heavy (non-hydrogen) atoms. The predicted octanol–water partition coefficient (Wildman–Crippen LogP) is 0.871. The molecule has 0 aliphatic carbocycles. The molecule has 130 valence electrons. The molecule has 0 unspecified atom stereocenters. The first-order valence-electron chi connectivity index (χ1n) is 7.46. The van der Waals surface area contributed by atoms with Gasteiger partial charge in [0.25, 0.3) is 11.8 Å². The Bertz CT molecular complexity index is 660. The van der Waals surface area contributed by atoms with Gasteiger partial charge >= 0.3 is 5.97 Å². The Balaban J connectivity index is 2.16. The first-order chi connectivity index (χ1) is 11.4. The van der Waals surface area contributed by atoms with Gasteiger partial charge in [-0.3, -0.25) is 9.59 Å². The number of hydrogen-bond acceptors (Lipinski definition) is 5. The molecule has 1 aliphatic heterocycles. The summed E-state index contributed by atoms with van der Waals surface area (Å²) in [4.78, 5) is 35.1. The van der Waals surface area contributed by atoms with E-state index < -0.39 is 24.1 Å². The summed E-state index contributed by atoms with van der Waals surface area (Å²) in [5, 5.41) is 14.2. The van der Waals surface area contributed by atoms with Crippen molar-refractivity contribution in [3.63, 3.8) is 0 Å². The van der Waals surface area contributed by atoms with Crippen LogP contribution < -0.4 is 15.4 Å². The summed E-state index contributed by atoms with van der Waals surface area (Å²) < 4.78 is 10.5. The fourth-order valence-electron chi connectivity index (χ4n) is 2.60. The van der Waals surface area contributed by atoms with Crippen molar-refractivity contribution in [3.8, 4) is 5.75 Å². The molecule has 2 rings (SSSR count). The Morgan fingerprint density at radius 3 is 2.58 bits per heavy atom. The number of carbonyl (C=O) groups excluding carboxylic acids is 2. The van der Waals surface area contributed by atoms with Gasteiger partial charge in [-0.1, -0.05) is 6.92 Å². The molecule has 0 radical (unpaired) electrons. The highest BCUT2D eigenvalue weighted by atomic mass is 16.5. The predicted molar refractivity (Wildman–Crippen MR) is 85.1 cm³/mol. The number of carboxylic acid groups (broad SMARTS) is 1. The minimum absolute atomic E-state index is 0.266. The van der Waals surface area contributed by atoms with Gasteiger partial charge in [-0.05, 0) is 30.5 Å². The van der Waals surface area contributed by atoms with E-state index in [0.717, 1.165) is 0 Å². The number of carboxylic acids is 1. The van der Waals surface area contributed by atoms with E-state index in [0.29, 0.717) is 23.4 Å². The summed E-state index contributed by atoms with van der Waals surface area (Å²) in [7, 11) is 2.95. The molecule has 8 heteroatoms. The molecule has 0 spiro atoms. The summed E-state index contributed by atoms with van der Waals surface area (Å²) in [5.41, 5.74) is 0.677. The number of amides is 2. The van der Waals surface area contributed by atoms with E-state index >= 15 is 0 Å². The minimum Gasteiger partial charge on any atom is -0.495 e. The van der Waals surface area contributed by atoms with Gasteiger partial charge in [0.05, 0.1) is 12.8 Å². The highest BCUT2D eigenvalue weighted by Crippen LogP contribution is 2.30. The Labute approximate surface area is 139 Å². The minimum atomic E-state index is -1.09. The number of carbonyl (C=O) groups is 3. The molecule has 1 aromatic rings. The van der Waals surface area contributed by atoms with Crippen LogP contribution in [0.25, 0.3) is 0 Å². The van der Waals surface area contributed by atoms with Crippen molar-refractivity contribution in [3.05, 3.63) is 23.8 Å². The molecule has 3 atom stereocenters. The average Bonchev–Trinajstić information content (AvgIpc) is 2.96. The van der Waals surface area contributed by atoms with Crippen molar-refractivity contribution in [2.24, 2.45) is 5.92 Å². The largest absolute Gasteiger partial charge is 0.495 e. The molecule has 0 bridgehead atoms. The lowest BCUT2D eigenvalue weighted by Gasteiger charge is -2.15. The van der Waals surface area contributed by atoms with Gasteiger partial charge in [-0.15, -0.1) is 0 Å². The maximum Gasteiger partial charge on any atom is 0.333 e. The standard InChI is InChI=1S/C16H20N2O6/c1-8-6-12(24-13(8)16(21)22)15(20)18-10-7-9(14(19)17-2)4-5-11(10)23-3/h4-5,7-8,12-13H,6H2,1-3H3,(H,17,19)(H,18,20)(H,21,22)/t8-,12-,13-/m0/s1. The molecule has 0 aromatic heterocycles. The van der Waals surface area contributed by atoms with E-state index in [9.17, 15) is 14.4 Å². The summed E-state index contributed by atoms with van der Waals surface area (Å²) >= 11 is 0. The number of ether oxygens (including phenoxy) is 2. The van der Waals surface area contributed by atoms with Gasteiger partial charge in [0.1, 0.15) is 11.9 Å². The molecule has 1 fully saturated rings. The van der Waals surface area contributed by atoms with Crippen LogP contribution in [0.1, 0.15) is 23.7 Å². The number of aliphatic carboxylic acids is 1. The molecule has 2 amide bonds. The van der Waals surface area contributed by atoms with Gasteiger partial charge in [-0.2, -0.15) is 0 Å². The van der Waals surface area contributed by atoms with E-state index in [2.05, 4.69) is 10.6 Å². The normalized spacial score (nSPS) is 22.7. The quantitative estimate of drug-likeness (QED) is 0.735. The molecule has 8 nitrogen and oxygen atoms in total. The first-order valence-corrected chi connectivity index (χ1v) is 7.46. The van der Waals surface area contributed by atoms with Crippen molar-refractivity contribution in [2.45, 2.75) is 25.6 Å². The lowest BCUT2D eigenvalue weighted by molar-refractivity contribution is -0.152. The molecule has 3 N–H and O–H groups in total. The van der Waals surface area contributed by atoms with E-state index in [-0.39, 0.29) is 11.8 Å². The third-order valence-corrected chi connectivity index (χ3v) is 3.90. The fraction of sp³-hybridized carbons (Fsp3) is 0.438. The average molecular weight is 336 g/mol. The number of hydrogen-bond donors (Lipinski definition) is 3. The van der Waals surface area contributed by atoms with E-state index in [1.54, 1.807) is 19.1 Å². The molecule has 1 aromatic carbocycles. The smallest absolute Gasteiger partial charge is 0.333 e. The highest BCUT2D eigenvalue weighted by molar-refractivity contribution is 5.99. The number of benzene rings is 1. The SMILES string of the molecule is CNC(=O)c1ccc(OC)c(NC(=O)[C@@H]2C[C@H](C)[C@@H](C(=O)O)O2)c1. The van der Waals surface area contributed by atoms with E-state index in [4.69, 9.17) is 14.6 Å². The van der Waals surface area contributed by atoms with Crippen molar-refractivity contribution < 1.29 is 29.0 Å². The molecule has 1 saturated heterocycles. The Morgan fingerprint density at radius 1 is 1.33 bits per heavy atom. The highest BCUT2D eigenvalue weighted by Gasteiger charge is 2.40. The molecule has 1 heterocycles. The summed E-state index contributed by atoms with van der Waals surface area (Å²) in [5.74, 6) is -1.74. The topological polar surface area (TPSA) is 114 Å². The Hall–Kier alpha value is -2.61. The first kappa shape index (κ1) is 17.7. The van der Waals surface area contributed by atoms with Crippen molar-refractivity contribution in [1.82, 2.24) is 5.32 Å². The van der Waals surface area contributed by atoms with Crippen LogP contribution in [0, 0.1) is 5.92 Å². The zero-order chi connectivity index (χ0) is 17.9. The van der Waals surface area contributed by atoms with Gasteiger partial charge in [0, 0.05) is 12.6 Å². The Kier molecular flexibility index (Phi) is 5.40. The third kappa shape index (κ3) is 3.65. The second-order valence-electron chi connectivity index (χ2n) is 5.58. The van der Waals surface area contributed by atoms with Gasteiger partial charge in [0.15, 0.2) is 6.10 Å². The van der Waals surface area contributed by atoms with Crippen LogP contribution in [0.15, 0.2) is 18.2 Å². The molecular formula is C16H20N2O6. The van der Waals surface area contributed by atoms with Crippen molar-refractivity contribution >= 4 is 23.5 Å². The van der Waals surface area contributed by atoms with Gasteiger partial charge in [-0.25, -0.2) is 4.79 Å². The van der Waals surface area contributed by atoms with Gasteiger partial charge < -0.3 is 25.2 Å². The monoisotopic (exact) mass is 336 g/mol. The number of methoxy groups -OCH3 is 1. The maximum atomic E-state index is 12.4. The fourth-order valence-corrected chi connectivity index (χ4v) is 2.60. The van der Waals surface area contributed by atoms with Crippen LogP contribution in [-0.2, 0) is 14.3 Å². The number of anilines is 1. The Morgan fingerprint density at radius 2 is 2.04 bits per heavy atom. The summed E-state index contributed by atoms with van der Waals surface area (Å²) in [6.07, 6.45) is -1.56.